The van der Waals surface area contributed by atoms with E-state index < -0.39 is 23.3 Å². The van der Waals surface area contributed by atoms with Crippen molar-refractivity contribution < 1.29 is 14.4 Å². The summed E-state index contributed by atoms with van der Waals surface area (Å²) in [7, 11) is 0. The number of primary amides is 1. The smallest absolute Gasteiger partial charge is 0.258 e. The molecule has 2 aromatic rings. The Morgan fingerprint density at radius 3 is 2.66 bits per heavy atom. The van der Waals surface area contributed by atoms with Crippen molar-refractivity contribution in [2.75, 3.05) is 28.6 Å². The lowest BCUT2D eigenvalue weighted by atomic mass is 9.92. The summed E-state index contributed by atoms with van der Waals surface area (Å²) in [6, 6.07) is 5.08. The van der Waals surface area contributed by atoms with Crippen LogP contribution in [0.2, 0.25) is 5.02 Å². The number of piperidine rings is 1. The topological polar surface area (TPSA) is 150 Å². The molecule has 0 aliphatic carbocycles. The summed E-state index contributed by atoms with van der Waals surface area (Å²) in [4.78, 5) is 58.6. The van der Waals surface area contributed by atoms with Crippen molar-refractivity contribution in [2.24, 2.45) is 11.7 Å². The van der Waals surface area contributed by atoms with Gasteiger partial charge in [0.25, 0.3) is 5.56 Å². The van der Waals surface area contributed by atoms with Crippen LogP contribution in [0.5, 0.6) is 0 Å². The average Bonchev–Trinajstić information content (AvgIpc) is 2.75. The van der Waals surface area contributed by atoms with E-state index in [9.17, 15) is 19.2 Å². The van der Waals surface area contributed by atoms with Gasteiger partial charge in [-0.3, -0.25) is 24.2 Å². The van der Waals surface area contributed by atoms with E-state index in [0.29, 0.717) is 36.6 Å². The van der Waals surface area contributed by atoms with Crippen molar-refractivity contribution in [2.45, 2.75) is 32.1 Å². The molecule has 3 heterocycles. The molecule has 11 heteroatoms. The van der Waals surface area contributed by atoms with Gasteiger partial charge in [-0.2, -0.15) is 4.98 Å². The number of nitrogens with zero attached hydrogens (tertiary/aromatic N) is 2. The number of halogens is 1. The number of H-pyrrole nitrogens is 1. The maximum Gasteiger partial charge on any atom is 0.258 e. The fourth-order valence-electron chi connectivity index (χ4n) is 4.06. The molecule has 1 aromatic heterocycles. The number of hydrogen-bond donors (Lipinski definition) is 4. The predicted octanol–water partition coefficient (Wildman–Crippen LogP) is 1.50. The van der Waals surface area contributed by atoms with Gasteiger partial charge in [-0.15, -0.1) is 0 Å². The summed E-state index contributed by atoms with van der Waals surface area (Å²) in [6.07, 6.45) is 0.922. The third-order valence-corrected chi connectivity index (χ3v) is 6.14. The monoisotopic (exact) mass is 458 g/mol. The van der Waals surface area contributed by atoms with Crippen LogP contribution in [0.15, 0.2) is 23.0 Å². The lowest BCUT2D eigenvalue weighted by Crippen LogP contribution is -2.41. The largest absolute Gasteiger partial charge is 0.369 e. The molecule has 2 aliphatic heterocycles. The van der Waals surface area contributed by atoms with Crippen LogP contribution in [0.25, 0.3) is 0 Å². The number of aromatic nitrogens is 2. The highest BCUT2D eigenvalue weighted by atomic mass is 35.5. The molecule has 0 radical (unpaired) electrons. The second kappa shape index (κ2) is 8.62. The zero-order chi connectivity index (χ0) is 23.0. The second-order valence-corrected chi connectivity index (χ2v) is 8.51. The Morgan fingerprint density at radius 1 is 1.25 bits per heavy atom. The van der Waals surface area contributed by atoms with Gasteiger partial charge >= 0.3 is 0 Å². The molecule has 32 heavy (non-hydrogen) atoms. The number of hydrogen-bond acceptors (Lipinski definition) is 6. The minimum absolute atomic E-state index is 0.0694. The Balaban J connectivity index is 1.61. The summed E-state index contributed by atoms with van der Waals surface area (Å²) in [6.45, 7) is 2.79. The van der Waals surface area contributed by atoms with Crippen molar-refractivity contribution in [3.63, 3.8) is 0 Å². The maximum atomic E-state index is 13.0. The van der Waals surface area contributed by atoms with Crippen LogP contribution < -0.4 is 26.8 Å². The number of amides is 3. The van der Waals surface area contributed by atoms with Gasteiger partial charge in [-0.05, 0) is 37.5 Å². The van der Waals surface area contributed by atoms with Crippen LogP contribution in [-0.2, 0) is 14.4 Å². The first-order chi connectivity index (χ1) is 15.2. The number of fused-ring (bicyclic) bond motifs is 1. The fraction of sp³-hybridized carbons (Fsp3) is 0.381. The van der Waals surface area contributed by atoms with Crippen molar-refractivity contribution in [3.8, 4) is 0 Å². The minimum atomic E-state index is -0.997. The molecule has 2 aliphatic rings. The van der Waals surface area contributed by atoms with Gasteiger partial charge in [-0.25, -0.2) is 0 Å². The Hall–Kier alpha value is -3.40. The number of anilines is 3. The molecule has 1 atom stereocenters. The lowest BCUT2D eigenvalue weighted by Gasteiger charge is -2.32. The van der Waals surface area contributed by atoms with Gasteiger partial charge in [0.1, 0.15) is 5.82 Å². The molecule has 0 bridgehead atoms. The highest BCUT2D eigenvalue weighted by Gasteiger charge is 2.35. The highest BCUT2D eigenvalue weighted by molar-refractivity contribution is 6.31. The number of aryl methyl sites for hydroxylation is 1. The van der Waals surface area contributed by atoms with Crippen molar-refractivity contribution in [1.29, 1.82) is 0 Å². The van der Waals surface area contributed by atoms with Crippen LogP contribution in [0.4, 0.5) is 17.5 Å². The number of carbonyl (C=O) groups excluding carboxylic acids is 3. The first kappa shape index (κ1) is 21.8. The number of nitrogens with two attached hydrogens (primary N) is 1. The van der Waals surface area contributed by atoms with Gasteiger partial charge in [0.2, 0.25) is 23.7 Å². The van der Waals surface area contributed by atoms with Crippen LogP contribution >= 0.6 is 11.6 Å². The molecule has 1 unspecified atom stereocenters. The lowest BCUT2D eigenvalue weighted by molar-refractivity contribution is -0.123. The second-order valence-electron chi connectivity index (χ2n) is 8.07. The van der Waals surface area contributed by atoms with E-state index in [4.69, 9.17) is 17.3 Å². The molecule has 3 amide bonds. The Bertz CT molecular complexity index is 1160. The Kier molecular flexibility index (Phi) is 5.88. The van der Waals surface area contributed by atoms with Crippen LogP contribution in [0.3, 0.4) is 0 Å². The van der Waals surface area contributed by atoms with Crippen LogP contribution in [-0.4, -0.2) is 40.8 Å². The van der Waals surface area contributed by atoms with E-state index in [0.717, 1.165) is 5.56 Å². The highest BCUT2D eigenvalue weighted by Crippen LogP contribution is 2.31. The molecular weight excluding hydrogens is 436 g/mol. The Morgan fingerprint density at radius 2 is 1.97 bits per heavy atom. The maximum absolute atomic E-state index is 13.0. The number of rotatable bonds is 4. The van der Waals surface area contributed by atoms with Gasteiger partial charge in [0, 0.05) is 36.1 Å². The van der Waals surface area contributed by atoms with Gasteiger partial charge in [0.15, 0.2) is 0 Å². The predicted molar refractivity (Wildman–Crippen MR) is 120 cm³/mol. The van der Waals surface area contributed by atoms with E-state index in [1.54, 1.807) is 18.2 Å². The molecule has 1 saturated heterocycles. The zero-order valence-corrected chi connectivity index (χ0v) is 18.2. The molecule has 1 aromatic carbocycles. The third-order valence-electron chi connectivity index (χ3n) is 5.91. The number of benzene rings is 1. The van der Waals surface area contributed by atoms with Crippen LogP contribution in [0.1, 0.15) is 36.3 Å². The zero-order valence-electron chi connectivity index (χ0n) is 17.4. The van der Waals surface area contributed by atoms with Gasteiger partial charge < -0.3 is 21.3 Å². The Labute approximate surface area is 188 Å². The summed E-state index contributed by atoms with van der Waals surface area (Å²) in [5.74, 6) is -2.09. The molecular formula is C21H23ClN6O4. The van der Waals surface area contributed by atoms with E-state index in [1.165, 1.54) is 0 Å². The molecule has 5 N–H and O–H groups in total. The molecule has 10 nitrogen and oxygen atoms in total. The van der Waals surface area contributed by atoms with Gasteiger partial charge in [-0.1, -0.05) is 17.7 Å². The molecule has 168 valence electrons. The molecule has 0 spiro atoms. The molecule has 1 fully saturated rings. The number of nitrogens with one attached hydrogen (secondary N) is 3. The summed E-state index contributed by atoms with van der Waals surface area (Å²) < 4.78 is 0. The van der Waals surface area contributed by atoms with Crippen LogP contribution in [0, 0.1) is 12.8 Å². The normalized spacial score (nSPS) is 18.6. The van der Waals surface area contributed by atoms with Crippen molar-refractivity contribution >= 4 is 46.8 Å². The van der Waals surface area contributed by atoms with E-state index >= 15 is 0 Å². The fourth-order valence-corrected chi connectivity index (χ4v) is 4.23. The van der Waals surface area contributed by atoms with E-state index in [-0.39, 0.29) is 35.6 Å². The average molecular weight is 459 g/mol. The standard InChI is InChI=1S/C21H23ClN6O4/c1-10-2-3-12(22)8-14(10)24-19(31)13-9-15(29)25-18-16(13)20(32)27-21(26-18)28-6-4-11(5-7-28)17(23)30/h2-3,8,11,13H,4-7,9H2,1H3,(H2,23,30)(H,24,31)(H2,25,26,27,29,32). The van der Waals surface area contributed by atoms with Gasteiger partial charge in [0.05, 0.1) is 11.5 Å². The number of aromatic amines is 1. The van der Waals surface area contributed by atoms with Crippen molar-refractivity contribution in [3.05, 3.63) is 44.7 Å². The summed E-state index contributed by atoms with van der Waals surface area (Å²) >= 11 is 6.02. The SMILES string of the molecule is Cc1ccc(Cl)cc1NC(=O)C1CC(=O)Nc2nc(N3CCC(C(N)=O)CC3)[nH]c(=O)c21. The molecule has 0 saturated carbocycles. The molecule has 4 rings (SSSR count). The summed E-state index contributed by atoms with van der Waals surface area (Å²) in [5.41, 5.74) is 6.29. The first-order valence-electron chi connectivity index (χ1n) is 10.3. The van der Waals surface area contributed by atoms with Crippen molar-refractivity contribution in [1.82, 2.24) is 9.97 Å². The van der Waals surface area contributed by atoms with E-state index in [2.05, 4.69) is 20.6 Å². The number of carbonyl (C=O) groups is 3. The van der Waals surface area contributed by atoms with E-state index in [1.807, 2.05) is 11.8 Å². The third kappa shape index (κ3) is 4.31. The first-order valence-corrected chi connectivity index (χ1v) is 10.7. The summed E-state index contributed by atoms with van der Waals surface area (Å²) in [5, 5.41) is 5.82. The minimum Gasteiger partial charge on any atom is -0.369 e. The quantitative estimate of drug-likeness (QED) is 0.545.